The highest BCUT2D eigenvalue weighted by molar-refractivity contribution is 5.94. The molecule has 0 radical (unpaired) electrons. The molecule has 0 unspecified atom stereocenters. The molecule has 1 aliphatic rings. The topological polar surface area (TPSA) is 85.0 Å². The van der Waals surface area contributed by atoms with Crippen LogP contribution in [-0.4, -0.2) is 44.0 Å². The van der Waals surface area contributed by atoms with Crippen molar-refractivity contribution in [2.45, 2.75) is 25.7 Å². The molecule has 0 aliphatic carbocycles. The van der Waals surface area contributed by atoms with E-state index in [1.807, 2.05) is 30.0 Å². The molecule has 0 saturated carbocycles. The summed E-state index contributed by atoms with van der Waals surface area (Å²) in [6.07, 6.45) is 6.72. The average molecular weight is 443 g/mol. The molecule has 0 spiro atoms. The van der Waals surface area contributed by atoms with E-state index in [1.165, 1.54) is 24.3 Å². The molecule has 0 atom stereocenters. The molecule has 4 heterocycles. The van der Waals surface area contributed by atoms with Gasteiger partial charge in [-0.15, -0.1) is 0 Å². The number of aryl methyl sites for hydroxylation is 1. The molecule has 7 nitrogen and oxygen atoms in total. The summed E-state index contributed by atoms with van der Waals surface area (Å²) in [4.78, 5) is 28.3. The second-order valence-corrected chi connectivity index (χ2v) is 8.14. The molecular formula is C25H22FN5O2. The van der Waals surface area contributed by atoms with Gasteiger partial charge in [0, 0.05) is 54.8 Å². The predicted molar refractivity (Wildman–Crippen MR) is 120 cm³/mol. The Morgan fingerprint density at radius 3 is 2.58 bits per heavy atom. The number of nitrogens with zero attached hydrogens (tertiary/aromatic N) is 5. The van der Waals surface area contributed by atoms with Crippen molar-refractivity contribution in [3.05, 3.63) is 83.8 Å². The van der Waals surface area contributed by atoms with Gasteiger partial charge in [-0.05, 0) is 56.2 Å². The molecule has 166 valence electrons. The van der Waals surface area contributed by atoms with Gasteiger partial charge in [0.15, 0.2) is 11.6 Å². The molecule has 0 bridgehead atoms. The van der Waals surface area contributed by atoms with Gasteiger partial charge < -0.3 is 9.42 Å². The highest BCUT2D eigenvalue weighted by atomic mass is 19.1. The zero-order valence-electron chi connectivity index (χ0n) is 18.1. The fourth-order valence-corrected chi connectivity index (χ4v) is 4.15. The maximum atomic E-state index is 13.2. The molecule has 1 aliphatic heterocycles. The van der Waals surface area contributed by atoms with Gasteiger partial charge in [-0.25, -0.2) is 14.4 Å². The zero-order valence-corrected chi connectivity index (χ0v) is 18.1. The molecule has 1 amide bonds. The number of hydrogen-bond donors (Lipinski definition) is 0. The molecule has 5 rings (SSSR count). The number of halogens is 1. The second kappa shape index (κ2) is 8.90. The van der Waals surface area contributed by atoms with Crippen LogP contribution < -0.4 is 0 Å². The van der Waals surface area contributed by atoms with E-state index in [0.717, 1.165) is 35.4 Å². The standard InChI is InChI=1S/C25H22FN5O2/c1-16-13-22(33-30-16)21-15-28-24(19-3-2-10-27-14-19)29-23(21)17-8-11-31(12-9-17)25(32)18-4-6-20(26)7-5-18/h2-7,10,13-15,17H,8-9,11-12H2,1H3. The fourth-order valence-electron chi connectivity index (χ4n) is 4.15. The Morgan fingerprint density at radius 2 is 1.91 bits per heavy atom. The van der Waals surface area contributed by atoms with Crippen LogP contribution in [0.3, 0.4) is 0 Å². The number of carbonyl (C=O) groups excluding carboxylic acids is 1. The normalized spacial score (nSPS) is 14.4. The minimum absolute atomic E-state index is 0.0849. The van der Waals surface area contributed by atoms with E-state index in [1.54, 1.807) is 18.6 Å². The molecule has 8 heteroatoms. The van der Waals surface area contributed by atoms with Gasteiger partial charge in [-0.1, -0.05) is 5.16 Å². The van der Waals surface area contributed by atoms with Crippen LogP contribution in [0.4, 0.5) is 4.39 Å². The Balaban J connectivity index is 1.42. The van der Waals surface area contributed by atoms with E-state index < -0.39 is 0 Å². The minimum Gasteiger partial charge on any atom is -0.356 e. The highest BCUT2D eigenvalue weighted by Gasteiger charge is 2.28. The van der Waals surface area contributed by atoms with Crippen molar-refractivity contribution < 1.29 is 13.7 Å². The van der Waals surface area contributed by atoms with Crippen molar-refractivity contribution in [2.75, 3.05) is 13.1 Å². The lowest BCUT2D eigenvalue weighted by Gasteiger charge is -2.32. The Morgan fingerprint density at radius 1 is 1.12 bits per heavy atom. The van der Waals surface area contributed by atoms with Crippen LogP contribution >= 0.6 is 0 Å². The van der Waals surface area contributed by atoms with Crippen LogP contribution in [0.15, 0.2) is 65.6 Å². The maximum Gasteiger partial charge on any atom is 0.253 e. The van der Waals surface area contributed by atoms with Crippen molar-refractivity contribution >= 4 is 5.91 Å². The maximum absolute atomic E-state index is 13.2. The SMILES string of the molecule is Cc1cc(-c2cnc(-c3cccnc3)nc2C2CCN(C(=O)c3ccc(F)cc3)CC2)on1. The van der Waals surface area contributed by atoms with Crippen LogP contribution in [0.1, 0.15) is 40.5 Å². The Hall–Kier alpha value is -3.94. The van der Waals surface area contributed by atoms with Crippen LogP contribution in [0.25, 0.3) is 22.7 Å². The number of aromatic nitrogens is 4. The Bertz CT molecular complexity index is 1270. The molecule has 1 aromatic carbocycles. The lowest BCUT2D eigenvalue weighted by Crippen LogP contribution is -2.38. The third-order valence-corrected chi connectivity index (χ3v) is 5.89. The summed E-state index contributed by atoms with van der Waals surface area (Å²) < 4.78 is 18.7. The van der Waals surface area contributed by atoms with Crippen LogP contribution in [0.2, 0.25) is 0 Å². The van der Waals surface area contributed by atoms with Gasteiger partial charge in [0.05, 0.1) is 17.0 Å². The van der Waals surface area contributed by atoms with Crippen molar-refractivity contribution in [1.82, 2.24) is 25.0 Å². The number of hydrogen-bond acceptors (Lipinski definition) is 6. The quantitative estimate of drug-likeness (QED) is 0.456. The molecular weight excluding hydrogens is 421 g/mol. The zero-order chi connectivity index (χ0) is 22.8. The van der Waals surface area contributed by atoms with E-state index in [0.29, 0.717) is 30.2 Å². The number of benzene rings is 1. The van der Waals surface area contributed by atoms with E-state index >= 15 is 0 Å². The molecule has 33 heavy (non-hydrogen) atoms. The largest absolute Gasteiger partial charge is 0.356 e. The first-order valence-corrected chi connectivity index (χ1v) is 10.8. The summed E-state index contributed by atoms with van der Waals surface area (Å²) in [6.45, 7) is 3.04. The van der Waals surface area contributed by atoms with E-state index in [2.05, 4.69) is 15.1 Å². The summed E-state index contributed by atoms with van der Waals surface area (Å²) in [5.41, 5.74) is 3.81. The fraction of sp³-hybridized carbons (Fsp3) is 0.240. The molecule has 1 fully saturated rings. The van der Waals surface area contributed by atoms with Gasteiger partial charge >= 0.3 is 0 Å². The first kappa shape index (κ1) is 20.9. The average Bonchev–Trinajstić information content (AvgIpc) is 3.30. The number of carbonyl (C=O) groups is 1. The molecule has 0 N–H and O–H groups in total. The number of likely N-dealkylation sites (tertiary alicyclic amines) is 1. The van der Waals surface area contributed by atoms with Crippen LogP contribution in [0.5, 0.6) is 0 Å². The van der Waals surface area contributed by atoms with Crippen molar-refractivity contribution in [2.24, 2.45) is 0 Å². The molecule has 3 aromatic heterocycles. The third-order valence-electron chi connectivity index (χ3n) is 5.89. The second-order valence-electron chi connectivity index (χ2n) is 8.14. The van der Waals surface area contributed by atoms with Gasteiger partial charge in [0.1, 0.15) is 5.82 Å². The monoisotopic (exact) mass is 443 g/mol. The summed E-state index contributed by atoms with van der Waals surface area (Å²) in [5, 5.41) is 4.01. The number of amides is 1. The van der Waals surface area contributed by atoms with E-state index in [9.17, 15) is 9.18 Å². The van der Waals surface area contributed by atoms with Gasteiger partial charge in [-0.3, -0.25) is 9.78 Å². The van der Waals surface area contributed by atoms with E-state index in [-0.39, 0.29) is 17.6 Å². The van der Waals surface area contributed by atoms with E-state index in [4.69, 9.17) is 9.51 Å². The third kappa shape index (κ3) is 4.37. The number of rotatable bonds is 4. The van der Waals surface area contributed by atoms with Crippen molar-refractivity contribution in [3.8, 4) is 22.7 Å². The summed E-state index contributed by atoms with van der Waals surface area (Å²) >= 11 is 0. The highest BCUT2D eigenvalue weighted by Crippen LogP contribution is 2.35. The van der Waals surface area contributed by atoms with Crippen molar-refractivity contribution in [3.63, 3.8) is 0 Å². The predicted octanol–water partition coefficient (Wildman–Crippen LogP) is 4.66. The Kier molecular flexibility index (Phi) is 5.64. The molecule has 1 saturated heterocycles. The van der Waals surface area contributed by atoms with Gasteiger partial charge in [0.25, 0.3) is 5.91 Å². The summed E-state index contributed by atoms with van der Waals surface area (Å²) in [5.74, 6) is 0.918. The number of pyridine rings is 1. The minimum atomic E-state index is -0.353. The summed E-state index contributed by atoms with van der Waals surface area (Å²) in [6, 6.07) is 11.3. The molecule has 4 aromatic rings. The van der Waals surface area contributed by atoms with Crippen LogP contribution in [0, 0.1) is 12.7 Å². The first-order chi connectivity index (χ1) is 16.1. The van der Waals surface area contributed by atoms with Gasteiger partial charge in [0.2, 0.25) is 0 Å². The van der Waals surface area contributed by atoms with Crippen LogP contribution in [-0.2, 0) is 0 Å². The number of piperidine rings is 1. The first-order valence-electron chi connectivity index (χ1n) is 10.8. The van der Waals surface area contributed by atoms with Crippen molar-refractivity contribution in [1.29, 1.82) is 0 Å². The van der Waals surface area contributed by atoms with Gasteiger partial charge in [-0.2, -0.15) is 0 Å². The lowest BCUT2D eigenvalue weighted by atomic mass is 9.89. The summed E-state index contributed by atoms with van der Waals surface area (Å²) in [7, 11) is 0. The Labute approximate surface area is 190 Å². The smallest absolute Gasteiger partial charge is 0.253 e. The lowest BCUT2D eigenvalue weighted by molar-refractivity contribution is 0.0712.